The zero-order valence-electron chi connectivity index (χ0n) is 15.1. The smallest absolute Gasteiger partial charge is 0.147 e. The average Bonchev–Trinajstić information content (AvgIpc) is 3.03. The quantitative estimate of drug-likeness (QED) is 0.887. The van der Waals surface area contributed by atoms with Gasteiger partial charge in [-0.3, -0.25) is 0 Å². The van der Waals surface area contributed by atoms with Crippen LogP contribution in [0, 0.1) is 5.41 Å². The van der Waals surface area contributed by atoms with E-state index in [1.807, 2.05) is 36.7 Å². The molecular formula is C20H25N3O2S. The van der Waals surface area contributed by atoms with E-state index in [0.717, 1.165) is 41.0 Å². The first-order valence-corrected chi connectivity index (χ1v) is 10.0. The number of aliphatic hydroxyl groups is 1. The molecule has 3 heterocycles. The maximum absolute atomic E-state index is 9.25. The van der Waals surface area contributed by atoms with Gasteiger partial charge < -0.3 is 14.7 Å². The van der Waals surface area contributed by atoms with Crippen LogP contribution in [-0.2, 0) is 11.3 Å². The molecule has 4 rings (SSSR count). The highest BCUT2D eigenvalue weighted by atomic mass is 32.2. The molecule has 2 fully saturated rings. The van der Waals surface area contributed by atoms with Gasteiger partial charge in [0.25, 0.3) is 0 Å². The SMILES string of the molecule is C[C@H]1CC2(CCN(c3cnc(Sc4cccc(CO)c4)cn3)CC2)CO1. The molecule has 1 N–H and O–H groups in total. The van der Waals surface area contributed by atoms with Crippen LogP contribution in [0.3, 0.4) is 0 Å². The highest BCUT2D eigenvalue weighted by molar-refractivity contribution is 7.99. The predicted octanol–water partition coefficient (Wildman–Crippen LogP) is 3.52. The second kappa shape index (κ2) is 7.55. The molecule has 138 valence electrons. The Hall–Kier alpha value is -1.63. The topological polar surface area (TPSA) is 58.5 Å². The van der Waals surface area contributed by atoms with Crippen molar-refractivity contribution in [3.8, 4) is 0 Å². The molecule has 2 saturated heterocycles. The Bertz CT molecular complexity index is 745. The number of aromatic nitrogens is 2. The first kappa shape index (κ1) is 17.8. The van der Waals surface area contributed by atoms with Gasteiger partial charge in [0.05, 0.1) is 31.7 Å². The third-order valence-electron chi connectivity index (χ3n) is 5.46. The van der Waals surface area contributed by atoms with Crippen LogP contribution in [0.2, 0.25) is 0 Å². The van der Waals surface area contributed by atoms with Gasteiger partial charge in [0.15, 0.2) is 0 Å². The Labute approximate surface area is 158 Å². The Balaban J connectivity index is 1.37. The summed E-state index contributed by atoms with van der Waals surface area (Å²) in [6.07, 6.45) is 7.66. The first-order valence-electron chi connectivity index (χ1n) is 9.22. The maximum atomic E-state index is 9.25. The highest BCUT2D eigenvalue weighted by Crippen LogP contribution is 2.42. The molecule has 0 unspecified atom stereocenters. The van der Waals surface area contributed by atoms with Crippen LogP contribution in [0.4, 0.5) is 5.82 Å². The van der Waals surface area contributed by atoms with E-state index in [9.17, 15) is 5.11 Å². The van der Waals surface area contributed by atoms with Gasteiger partial charge in [-0.1, -0.05) is 23.9 Å². The van der Waals surface area contributed by atoms with Gasteiger partial charge in [-0.2, -0.15) is 0 Å². The lowest BCUT2D eigenvalue weighted by atomic mass is 9.77. The van der Waals surface area contributed by atoms with E-state index < -0.39 is 0 Å². The molecule has 6 heteroatoms. The maximum Gasteiger partial charge on any atom is 0.147 e. The summed E-state index contributed by atoms with van der Waals surface area (Å²) in [5.74, 6) is 0.959. The van der Waals surface area contributed by atoms with Crippen molar-refractivity contribution in [2.24, 2.45) is 5.41 Å². The summed E-state index contributed by atoms with van der Waals surface area (Å²) in [5.41, 5.74) is 1.30. The minimum Gasteiger partial charge on any atom is -0.392 e. The standard InChI is InChI=1S/C20H25N3O2S/c1-15-10-20(14-25-15)5-7-23(8-6-20)18-11-22-19(12-21-18)26-17-4-2-3-16(9-17)13-24/h2-4,9,11-12,15,24H,5-8,10,13-14H2,1H3/t15-/m0/s1. The summed E-state index contributed by atoms with van der Waals surface area (Å²) in [5, 5.41) is 10.1. The molecule has 0 saturated carbocycles. The summed E-state index contributed by atoms with van der Waals surface area (Å²) in [4.78, 5) is 12.6. The van der Waals surface area contributed by atoms with Crippen LogP contribution in [0.5, 0.6) is 0 Å². The van der Waals surface area contributed by atoms with E-state index in [2.05, 4.69) is 21.8 Å². The van der Waals surface area contributed by atoms with Gasteiger partial charge in [0.1, 0.15) is 10.8 Å². The Morgan fingerprint density at radius 2 is 2.12 bits per heavy atom. The third-order valence-corrected chi connectivity index (χ3v) is 6.37. The van der Waals surface area contributed by atoms with Gasteiger partial charge in [-0.25, -0.2) is 9.97 Å². The number of nitrogens with zero attached hydrogens (tertiary/aromatic N) is 3. The van der Waals surface area contributed by atoms with Crippen LogP contribution in [-0.4, -0.2) is 40.9 Å². The largest absolute Gasteiger partial charge is 0.392 e. The molecule has 0 amide bonds. The van der Waals surface area contributed by atoms with Crippen LogP contribution in [0.15, 0.2) is 46.6 Å². The van der Waals surface area contributed by atoms with Crippen LogP contribution < -0.4 is 4.90 Å². The van der Waals surface area contributed by atoms with Crippen LogP contribution in [0.25, 0.3) is 0 Å². The predicted molar refractivity (Wildman–Crippen MR) is 102 cm³/mol. The molecular weight excluding hydrogens is 346 g/mol. The number of benzene rings is 1. The summed E-state index contributed by atoms with van der Waals surface area (Å²) in [7, 11) is 0. The zero-order chi connectivity index (χ0) is 18.0. The van der Waals surface area contributed by atoms with Crippen molar-refractivity contribution in [3.05, 3.63) is 42.2 Å². The first-order chi connectivity index (χ1) is 12.7. The average molecular weight is 372 g/mol. The van der Waals surface area contributed by atoms with Gasteiger partial charge >= 0.3 is 0 Å². The molecule has 2 aliphatic rings. The molecule has 1 aromatic heterocycles. The zero-order valence-corrected chi connectivity index (χ0v) is 15.9. The second-order valence-corrected chi connectivity index (χ2v) is 8.53. The minimum atomic E-state index is 0.0548. The van der Waals surface area contributed by atoms with E-state index >= 15 is 0 Å². The molecule has 0 bridgehead atoms. The van der Waals surface area contributed by atoms with Crippen molar-refractivity contribution in [2.75, 3.05) is 24.6 Å². The number of ether oxygens (including phenoxy) is 1. The van der Waals surface area contributed by atoms with Crippen molar-refractivity contribution in [2.45, 2.75) is 48.8 Å². The fraction of sp³-hybridized carbons (Fsp3) is 0.500. The third kappa shape index (κ3) is 3.87. The van der Waals surface area contributed by atoms with Crippen LogP contribution >= 0.6 is 11.8 Å². The monoisotopic (exact) mass is 371 g/mol. The van der Waals surface area contributed by atoms with Crippen molar-refractivity contribution < 1.29 is 9.84 Å². The fourth-order valence-corrected chi connectivity index (χ4v) is 4.77. The minimum absolute atomic E-state index is 0.0548. The second-order valence-electron chi connectivity index (χ2n) is 7.43. The number of anilines is 1. The van der Waals surface area contributed by atoms with Gasteiger partial charge in [0, 0.05) is 18.0 Å². The molecule has 26 heavy (non-hydrogen) atoms. The number of piperidine rings is 1. The Morgan fingerprint density at radius 3 is 2.77 bits per heavy atom. The van der Waals surface area contributed by atoms with Crippen molar-refractivity contribution in [1.29, 1.82) is 0 Å². The van der Waals surface area contributed by atoms with Gasteiger partial charge in [-0.05, 0) is 49.3 Å². The normalized spacial score (nSPS) is 22.1. The fourth-order valence-electron chi connectivity index (χ4n) is 3.96. The lowest BCUT2D eigenvalue weighted by Gasteiger charge is -2.38. The van der Waals surface area contributed by atoms with Crippen molar-refractivity contribution in [1.82, 2.24) is 9.97 Å². The van der Waals surface area contributed by atoms with Gasteiger partial charge in [0.2, 0.25) is 0 Å². The molecule has 2 aliphatic heterocycles. The number of aliphatic hydroxyl groups excluding tert-OH is 1. The van der Waals surface area contributed by atoms with E-state index in [0.29, 0.717) is 11.5 Å². The summed E-state index contributed by atoms with van der Waals surface area (Å²) >= 11 is 1.57. The highest BCUT2D eigenvalue weighted by Gasteiger charge is 2.41. The molecule has 1 aromatic carbocycles. The van der Waals surface area contributed by atoms with E-state index in [4.69, 9.17) is 4.74 Å². The summed E-state index contributed by atoms with van der Waals surface area (Å²) < 4.78 is 5.81. The number of rotatable bonds is 4. The molecule has 0 radical (unpaired) electrons. The number of hydrogen-bond acceptors (Lipinski definition) is 6. The summed E-state index contributed by atoms with van der Waals surface area (Å²) in [6, 6.07) is 7.87. The molecule has 1 spiro atoms. The van der Waals surface area contributed by atoms with Crippen molar-refractivity contribution >= 4 is 17.6 Å². The lowest BCUT2D eigenvalue weighted by molar-refractivity contribution is 0.0976. The summed E-state index contributed by atoms with van der Waals surface area (Å²) in [6.45, 7) is 5.19. The molecule has 2 aromatic rings. The Morgan fingerprint density at radius 1 is 1.27 bits per heavy atom. The Kier molecular flexibility index (Phi) is 5.16. The van der Waals surface area contributed by atoms with E-state index in [1.54, 1.807) is 11.8 Å². The van der Waals surface area contributed by atoms with E-state index in [1.165, 1.54) is 19.3 Å². The lowest BCUT2D eigenvalue weighted by Crippen LogP contribution is -2.41. The number of hydrogen-bond donors (Lipinski definition) is 1. The molecule has 1 atom stereocenters. The molecule has 0 aliphatic carbocycles. The van der Waals surface area contributed by atoms with Crippen molar-refractivity contribution in [3.63, 3.8) is 0 Å². The molecule has 5 nitrogen and oxygen atoms in total. The van der Waals surface area contributed by atoms with E-state index in [-0.39, 0.29) is 6.61 Å². The van der Waals surface area contributed by atoms with Crippen LogP contribution in [0.1, 0.15) is 31.7 Å². The van der Waals surface area contributed by atoms with Gasteiger partial charge in [-0.15, -0.1) is 0 Å².